The zero-order valence-electron chi connectivity index (χ0n) is 20.3. The second-order valence-corrected chi connectivity index (χ2v) is 10.4. The Labute approximate surface area is 209 Å². The van der Waals surface area contributed by atoms with Crippen molar-refractivity contribution in [2.24, 2.45) is 0 Å². The van der Waals surface area contributed by atoms with Crippen LogP contribution in [0.15, 0.2) is 109 Å². The largest absolute Gasteiger partial charge is 0.293 e. The van der Waals surface area contributed by atoms with Gasteiger partial charge in [0.1, 0.15) is 5.82 Å². The average Bonchev–Trinajstić information content (AvgIpc) is 3.37. The number of hydrogen-bond acceptors (Lipinski definition) is 1. The van der Waals surface area contributed by atoms with Crippen LogP contribution in [0.1, 0.15) is 25.0 Å². The predicted molar refractivity (Wildman–Crippen MR) is 151 cm³/mol. The summed E-state index contributed by atoms with van der Waals surface area (Å²) in [5.74, 6) is 0.986. The molecule has 7 aromatic rings. The van der Waals surface area contributed by atoms with E-state index in [1.807, 2.05) is 6.20 Å². The number of hydrogen-bond donors (Lipinski definition) is 0. The molecule has 2 nitrogen and oxygen atoms in total. The van der Waals surface area contributed by atoms with E-state index in [1.165, 1.54) is 60.2 Å². The van der Waals surface area contributed by atoms with E-state index in [-0.39, 0.29) is 5.41 Å². The van der Waals surface area contributed by atoms with E-state index in [1.54, 1.807) is 0 Å². The zero-order valence-corrected chi connectivity index (χ0v) is 20.3. The van der Waals surface area contributed by atoms with Crippen molar-refractivity contribution in [2.75, 3.05) is 0 Å². The zero-order chi connectivity index (χ0) is 24.0. The summed E-state index contributed by atoms with van der Waals surface area (Å²) in [6, 6.07) is 37.5. The van der Waals surface area contributed by atoms with E-state index in [9.17, 15) is 0 Å². The fraction of sp³-hybridized carbons (Fsp3) is 0.0882. The van der Waals surface area contributed by atoms with Crippen molar-refractivity contribution in [3.05, 3.63) is 120 Å². The fourth-order valence-electron chi connectivity index (χ4n) is 6.64. The van der Waals surface area contributed by atoms with Crippen molar-refractivity contribution in [1.29, 1.82) is 0 Å². The van der Waals surface area contributed by atoms with Gasteiger partial charge >= 0.3 is 0 Å². The number of para-hydroxylation sites is 1. The van der Waals surface area contributed by atoms with Gasteiger partial charge in [0.05, 0.1) is 11.0 Å². The molecule has 0 saturated carbocycles. The Morgan fingerprint density at radius 3 is 2.14 bits per heavy atom. The summed E-state index contributed by atoms with van der Waals surface area (Å²) in [6.45, 7) is 4.75. The van der Waals surface area contributed by atoms with Gasteiger partial charge in [-0.05, 0) is 45.0 Å². The Morgan fingerprint density at radius 1 is 0.611 bits per heavy atom. The molecule has 0 fully saturated rings. The van der Waals surface area contributed by atoms with Gasteiger partial charge in [-0.25, -0.2) is 4.98 Å². The average molecular weight is 461 g/mol. The van der Waals surface area contributed by atoms with E-state index in [4.69, 9.17) is 4.98 Å². The minimum absolute atomic E-state index is 0.104. The van der Waals surface area contributed by atoms with Crippen LogP contribution in [-0.4, -0.2) is 9.55 Å². The Kier molecular flexibility index (Phi) is 3.76. The first-order chi connectivity index (χ1) is 17.6. The van der Waals surface area contributed by atoms with Crippen LogP contribution >= 0.6 is 0 Å². The quantitative estimate of drug-likeness (QED) is 0.239. The molecule has 5 aromatic carbocycles. The van der Waals surface area contributed by atoms with E-state index < -0.39 is 0 Å². The molecule has 0 unspecified atom stereocenters. The van der Waals surface area contributed by atoms with Gasteiger partial charge in [0.15, 0.2) is 0 Å². The monoisotopic (exact) mass is 460 g/mol. The molecule has 2 heterocycles. The lowest BCUT2D eigenvalue weighted by molar-refractivity contribution is 0.666. The van der Waals surface area contributed by atoms with Crippen molar-refractivity contribution in [3.63, 3.8) is 0 Å². The van der Waals surface area contributed by atoms with Crippen LogP contribution in [0, 0.1) is 0 Å². The van der Waals surface area contributed by atoms with Crippen molar-refractivity contribution in [2.45, 2.75) is 19.3 Å². The van der Waals surface area contributed by atoms with Crippen molar-refractivity contribution < 1.29 is 0 Å². The summed E-state index contributed by atoms with van der Waals surface area (Å²) in [7, 11) is 0. The van der Waals surface area contributed by atoms with Gasteiger partial charge in [-0.2, -0.15) is 0 Å². The van der Waals surface area contributed by atoms with E-state index in [0.717, 1.165) is 11.2 Å². The van der Waals surface area contributed by atoms with Gasteiger partial charge in [0.2, 0.25) is 0 Å². The standard InChI is InChI=1S/C34H24N2/c1-34(2)28-18-17-26-25-13-7-8-14-29(25)36(33-24-12-6-4-10-22(24)19-20-35-33)32(26)30(28)27-16-15-21-9-3-5-11-23(21)31(27)34/h3-20H,1-2H3. The molecule has 2 heteroatoms. The lowest BCUT2D eigenvalue weighted by Crippen LogP contribution is -2.15. The Bertz CT molecular complexity index is 2020. The molecule has 0 saturated heterocycles. The number of fused-ring (bicyclic) bond motifs is 10. The molecule has 36 heavy (non-hydrogen) atoms. The van der Waals surface area contributed by atoms with Crippen LogP contribution in [-0.2, 0) is 5.41 Å². The summed E-state index contributed by atoms with van der Waals surface area (Å²) < 4.78 is 2.41. The molecule has 0 aliphatic heterocycles. The van der Waals surface area contributed by atoms with E-state index in [2.05, 4.69) is 122 Å². The maximum absolute atomic E-state index is 4.98. The molecular formula is C34H24N2. The van der Waals surface area contributed by atoms with Crippen molar-refractivity contribution >= 4 is 43.4 Å². The molecule has 0 spiro atoms. The van der Waals surface area contributed by atoms with Gasteiger partial charge in [-0.15, -0.1) is 0 Å². The fourth-order valence-corrected chi connectivity index (χ4v) is 6.64. The van der Waals surface area contributed by atoms with Crippen LogP contribution in [0.3, 0.4) is 0 Å². The molecule has 1 aliphatic carbocycles. The van der Waals surface area contributed by atoms with E-state index >= 15 is 0 Å². The highest BCUT2D eigenvalue weighted by molar-refractivity contribution is 6.17. The third-order valence-electron chi connectivity index (χ3n) is 8.20. The van der Waals surface area contributed by atoms with Crippen LogP contribution in [0.25, 0.3) is 60.3 Å². The number of aromatic nitrogens is 2. The molecule has 1 aliphatic rings. The maximum atomic E-state index is 4.98. The Hall–Kier alpha value is -4.43. The molecule has 0 radical (unpaired) electrons. The highest BCUT2D eigenvalue weighted by atomic mass is 15.1. The van der Waals surface area contributed by atoms with Crippen LogP contribution in [0.5, 0.6) is 0 Å². The first-order valence-corrected chi connectivity index (χ1v) is 12.6. The lowest BCUT2D eigenvalue weighted by Gasteiger charge is -2.23. The first kappa shape index (κ1) is 19.8. The summed E-state index contributed by atoms with van der Waals surface area (Å²) >= 11 is 0. The van der Waals surface area contributed by atoms with Gasteiger partial charge in [0, 0.05) is 33.3 Å². The molecule has 2 aromatic heterocycles. The topological polar surface area (TPSA) is 17.8 Å². The smallest absolute Gasteiger partial charge is 0.145 e. The molecule has 0 N–H and O–H groups in total. The summed E-state index contributed by atoms with van der Waals surface area (Å²) in [5, 5.41) is 7.54. The number of pyridine rings is 1. The molecular weight excluding hydrogens is 436 g/mol. The van der Waals surface area contributed by atoms with Gasteiger partial charge < -0.3 is 0 Å². The highest BCUT2D eigenvalue weighted by Crippen LogP contribution is 2.54. The third kappa shape index (κ3) is 2.39. The van der Waals surface area contributed by atoms with E-state index in [0.29, 0.717) is 0 Å². The summed E-state index contributed by atoms with van der Waals surface area (Å²) in [6.07, 6.45) is 1.94. The second kappa shape index (κ2) is 6.83. The molecule has 0 amide bonds. The minimum atomic E-state index is -0.104. The molecule has 8 rings (SSSR count). The van der Waals surface area contributed by atoms with Gasteiger partial charge in [0.25, 0.3) is 0 Å². The lowest BCUT2D eigenvalue weighted by atomic mass is 9.80. The predicted octanol–water partition coefficient (Wildman–Crippen LogP) is 8.79. The van der Waals surface area contributed by atoms with Crippen LogP contribution in [0.2, 0.25) is 0 Å². The first-order valence-electron chi connectivity index (χ1n) is 12.6. The molecule has 0 atom stereocenters. The SMILES string of the molecule is CC1(C)c2ccc3c4ccccc4n(-c4nccc5ccccc45)c3c2-c2ccc3ccccc3c21. The summed E-state index contributed by atoms with van der Waals surface area (Å²) in [4.78, 5) is 4.98. The Balaban J connectivity index is 1.62. The van der Waals surface area contributed by atoms with Crippen LogP contribution < -0.4 is 0 Å². The maximum Gasteiger partial charge on any atom is 0.145 e. The Morgan fingerprint density at radius 2 is 1.31 bits per heavy atom. The number of rotatable bonds is 1. The van der Waals surface area contributed by atoms with Crippen LogP contribution in [0.4, 0.5) is 0 Å². The second-order valence-electron chi connectivity index (χ2n) is 10.4. The number of benzene rings is 5. The van der Waals surface area contributed by atoms with Crippen molar-refractivity contribution in [1.82, 2.24) is 9.55 Å². The normalized spacial score (nSPS) is 14.1. The third-order valence-corrected chi connectivity index (χ3v) is 8.20. The highest BCUT2D eigenvalue weighted by Gasteiger charge is 2.39. The van der Waals surface area contributed by atoms with Gasteiger partial charge in [-0.3, -0.25) is 4.57 Å². The minimum Gasteiger partial charge on any atom is -0.293 e. The van der Waals surface area contributed by atoms with Crippen molar-refractivity contribution in [3.8, 4) is 16.9 Å². The molecule has 170 valence electrons. The number of nitrogens with zero attached hydrogens (tertiary/aromatic N) is 2. The molecule has 0 bridgehead atoms. The van der Waals surface area contributed by atoms with Gasteiger partial charge in [-0.1, -0.05) is 105 Å². The summed E-state index contributed by atoms with van der Waals surface area (Å²) in [5.41, 5.74) is 7.81.